The topological polar surface area (TPSA) is 90.2 Å². The summed E-state index contributed by atoms with van der Waals surface area (Å²) in [6, 6.07) is 24.0. The SMILES string of the molecule is CCCCCCCN(Cc1ccccc1)C(=O)c1ccc(-n2cc(Cc3cnc(OCC)nc3)c(=O)nc2SCc2ccc(F)cc2)cc1. The highest BCUT2D eigenvalue weighted by molar-refractivity contribution is 7.98. The van der Waals surface area contributed by atoms with Crippen molar-refractivity contribution in [1.82, 2.24) is 24.4 Å². The van der Waals surface area contributed by atoms with Gasteiger partial charge in [-0.25, -0.2) is 14.4 Å². The average Bonchev–Trinajstić information content (AvgIpc) is 3.13. The van der Waals surface area contributed by atoms with E-state index in [1.807, 2.05) is 71.0 Å². The first-order valence-corrected chi connectivity index (χ1v) is 17.8. The molecule has 5 aromatic rings. The van der Waals surface area contributed by atoms with Gasteiger partial charge in [-0.1, -0.05) is 86.8 Å². The summed E-state index contributed by atoms with van der Waals surface area (Å²) in [6.45, 7) is 5.75. The summed E-state index contributed by atoms with van der Waals surface area (Å²) in [4.78, 5) is 42.0. The number of carbonyl (C=O) groups is 1. The minimum absolute atomic E-state index is 0.0222. The summed E-state index contributed by atoms with van der Waals surface area (Å²) in [5.41, 5.74) is 4.20. The molecule has 0 radical (unpaired) electrons. The minimum atomic E-state index is -0.353. The van der Waals surface area contributed by atoms with Crippen LogP contribution < -0.4 is 10.3 Å². The number of carbonyl (C=O) groups excluding carboxylic acids is 1. The predicted octanol–water partition coefficient (Wildman–Crippen LogP) is 8.06. The van der Waals surface area contributed by atoms with Gasteiger partial charge in [-0.05, 0) is 66.4 Å². The van der Waals surface area contributed by atoms with E-state index in [0.29, 0.717) is 41.7 Å². The van der Waals surface area contributed by atoms with Gasteiger partial charge in [0.1, 0.15) is 5.82 Å². The van der Waals surface area contributed by atoms with Gasteiger partial charge < -0.3 is 9.64 Å². The van der Waals surface area contributed by atoms with E-state index in [1.54, 1.807) is 30.7 Å². The number of amides is 1. The molecular weight excluding hydrogens is 638 g/mol. The van der Waals surface area contributed by atoms with E-state index in [4.69, 9.17) is 4.74 Å². The summed E-state index contributed by atoms with van der Waals surface area (Å²) >= 11 is 1.38. The fourth-order valence-electron chi connectivity index (χ4n) is 5.38. The zero-order valence-electron chi connectivity index (χ0n) is 28.1. The lowest BCUT2D eigenvalue weighted by Gasteiger charge is -2.23. The van der Waals surface area contributed by atoms with Gasteiger partial charge in [-0.2, -0.15) is 4.98 Å². The van der Waals surface area contributed by atoms with Gasteiger partial charge in [0.2, 0.25) is 0 Å². The first kappa shape index (κ1) is 35.5. The number of aromatic nitrogens is 4. The number of unbranched alkanes of at least 4 members (excludes halogenated alkanes) is 4. The van der Waals surface area contributed by atoms with Crippen molar-refractivity contribution in [1.29, 1.82) is 0 Å². The molecule has 0 unspecified atom stereocenters. The van der Waals surface area contributed by atoms with Crippen molar-refractivity contribution in [2.45, 2.75) is 69.8 Å². The van der Waals surface area contributed by atoms with Gasteiger partial charge in [-0.3, -0.25) is 14.2 Å². The molecule has 5 rings (SSSR count). The molecule has 0 saturated heterocycles. The molecule has 10 heteroatoms. The van der Waals surface area contributed by atoms with E-state index < -0.39 is 0 Å². The van der Waals surface area contributed by atoms with Crippen LogP contribution in [0.3, 0.4) is 0 Å². The Bertz CT molecular complexity index is 1830. The molecule has 2 aromatic heterocycles. The van der Waals surface area contributed by atoms with Crippen molar-refractivity contribution in [2.24, 2.45) is 0 Å². The molecule has 0 aliphatic heterocycles. The van der Waals surface area contributed by atoms with Crippen LogP contribution in [-0.2, 0) is 18.7 Å². The fraction of sp³-hybridized carbons (Fsp3) is 0.308. The quantitative estimate of drug-likeness (QED) is 0.0558. The van der Waals surface area contributed by atoms with Crippen LogP contribution >= 0.6 is 11.8 Å². The van der Waals surface area contributed by atoms with E-state index in [9.17, 15) is 14.0 Å². The number of benzene rings is 3. The molecule has 8 nitrogen and oxygen atoms in total. The molecule has 0 N–H and O–H groups in total. The Morgan fingerprint density at radius 2 is 1.57 bits per heavy atom. The second-order valence-corrected chi connectivity index (χ2v) is 12.7. The normalized spacial score (nSPS) is 11.0. The average molecular weight is 680 g/mol. The molecule has 0 bridgehead atoms. The summed E-state index contributed by atoms with van der Waals surface area (Å²) in [6.07, 6.45) is 10.9. The minimum Gasteiger partial charge on any atom is -0.464 e. The molecule has 49 heavy (non-hydrogen) atoms. The standard InChI is InChI=1S/C39H42FN5O3S/c1-3-5-6-7-11-22-44(26-29-12-9-8-10-13-29)37(47)32-16-20-35(21-17-32)45-27-33(23-31-24-41-38(42-25-31)48-4-2)36(46)43-39(45)49-28-30-14-18-34(40)19-15-30/h8-10,12-21,24-25,27H,3-7,11,22-23,26,28H2,1-2H3. The van der Waals surface area contributed by atoms with Crippen molar-refractivity contribution in [3.05, 3.63) is 141 Å². The summed E-state index contributed by atoms with van der Waals surface area (Å²) in [7, 11) is 0. The van der Waals surface area contributed by atoms with Crippen LogP contribution in [-0.4, -0.2) is 43.5 Å². The highest BCUT2D eigenvalue weighted by atomic mass is 32.2. The van der Waals surface area contributed by atoms with Crippen LogP contribution in [0.2, 0.25) is 0 Å². The van der Waals surface area contributed by atoms with Gasteiger partial charge in [0, 0.05) is 60.7 Å². The van der Waals surface area contributed by atoms with Gasteiger partial charge >= 0.3 is 6.01 Å². The zero-order chi connectivity index (χ0) is 34.4. The molecule has 3 aromatic carbocycles. The Hall–Kier alpha value is -4.83. The van der Waals surface area contributed by atoms with Crippen molar-refractivity contribution in [3.8, 4) is 11.7 Å². The first-order valence-electron chi connectivity index (χ1n) is 16.8. The Kier molecular flexibility index (Phi) is 13.1. The third kappa shape index (κ3) is 10.3. The molecule has 0 atom stereocenters. The van der Waals surface area contributed by atoms with Crippen molar-refractivity contribution >= 4 is 17.7 Å². The van der Waals surface area contributed by atoms with Crippen molar-refractivity contribution < 1.29 is 13.9 Å². The highest BCUT2D eigenvalue weighted by Gasteiger charge is 2.18. The molecule has 1 amide bonds. The zero-order valence-corrected chi connectivity index (χ0v) is 28.9. The van der Waals surface area contributed by atoms with E-state index >= 15 is 0 Å². The number of halogens is 1. The van der Waals surface area contributed by atoms with E-state index in [-0.39, 0.29) is 29.7 Å². The lowest BCUT2D eigenvalue weighted by Crippen LogP contribution is -2.31. The smallest absolute Gasteiger partial charge is 0.316 e. The van der Waals surface area contributed by atoms with Crippen LogP contribution in [0.1, 0.15) is 78.6 Å². The molecular formula is C39H42FN5O3S. The van der Waals surface area contributed by atoms with Gasteiger partial charge in [0.15, 0.2) is 5.16 Å². The summed E-state index contributed by atoms with van der Waals surface area (Å²) in [5, 5.41) is 0.484. The second-order valence-electron chi connectivity index (χ2n) is 11.8. The van der Waals surface area contributed by atoms with Crippen LogP contribution in [0.25, 0.3) is 5.69 Å². The number of ether oxygens (including phenoxy) is 1. The van der Waals surface area contributed by atoms with Crippen molar-refractivity contribution in [2.75, 3.05) is 13.2 Å². The van der Waals surface area contributed by atoms with Gasteiger partial charge in [-0.15, -0.1) is 0 Å². The lowest BCUT2D eigenvalue weighted by atomic mass is 10.1. The number of hydrogen-bond acceptors (Lipinski definition) is 7. The number of rotatable bonds is 17. The van der Waals surface area contributed by atoms with Crippen LogP contribution in [0.5, 0.6) is 6.01 Å². The summed E-state index contributed by atoms with van der Waals surface area (Å²) in [5.74, 6) is 0.160. The predicted molar refractivity (Wildman–Crippen MR) is 192 cm³/mol. The fourth-order valence-corrected chi connectivity index (χ4v) is 6.32. The van der Waals surface area contributed by atoms with Gasteiger partial charge in [0.25, 0.3) is 11.5 Å². The molecule has 0 aliphatic carbocycles. The second kappa shape index (κ2) is 18.1. The molecule has 0 aliphatic rings. The maximum Gasteiger partial charge on any atom is 0.316 e. The first-order chi connectivity index (χ1) is 23.9. The Labute approximate surface area is 291 Å². The van der Waals surface area contributed by atoms with Crippen LogP contribution in [0.15, 0.2) is 107 Å². The number of hydrogen-bond donors (Lipinski definition) is 0. The van der Waals surface area contributed by atoms with E-state index in [0.717, 1.165) is 35.2 Å². The lowest BCUT2D eigenvalue weighted by molar-refractivity contribution is 0.0740. The van der Waals surface area contributed by atoms with Crippen LogP contribution in [0.4, 0.5) is 4.39 Å². The number of nitrogens with zero attached hydrogens (tertiary/aromatic N) is 5. The highest BCUT2D eigenvalue weighted by Crippen LogP contribution is 2.25. The molecule has 0 fully saturated rings. The third-order valence-corrected chi connectivity index (χ3v) is 9.05. The maximum atomic E-state index is 13.8. The van der Waals surface area contributed by atoms with Gasteiger partial charge in [0.05, 0.1) is 6.61 Å². The monoisotopic (exact) mass is 679 g/mol. The van der Waals surface area contributed by atoms with E-state index in [1.165, 1.54) is 43.2 Å². The molecule has 0 spiro atoms. The Morgan fingerprint density at radius 3 is 2.27 bits per heavy atom. The van der Waals surface area contributed by atoms with Crippen LogP contribution in [0, 0.1) is 5.82 Å². The Balaban J connectivity index is 1.41. The summed E-state index contributed by atoms with van der Waals surface area (Å²) < 4.78 is 20.7. The molecule has 2 heterocycles. The number of thioether (sulfide) groups is 1. The largest absolute Gasteiger partial charge is 0.464 e. The Morgan fingerprint density at radius 1 is 0.857 bits per heavy atom. The maximum absolute atomic E-state index is 13.8. The molecule has 0 saturated carbocycles. The van der Waals surface area contributed by atoms with E-state index in [2.05, 4.69) is 21.9 Å². The third-order valence-electron chi connectivity index (χ3n) is 8.02. The van der Waals surface area contributed by atoms with Crippen molar-refractivity contribution in [3.63, 3.8) is 0 Å². The molecule has 254 valence electrons.